The molecule has 8 nitrogen and oxygen atoms in total. The third-order valence-corrected chi connectivity index (χ3v) is 2.92. The fourth-order valence-electron chi connectivity index (χ4n) is 1.95. The molecule has 1 aliphatic carbocycles. The zero-order valence-corrected chi connectivity index (χ0v) is 10.5. The van der Waals surface area contributed by atoms with Crippen molar-refractivity contribution in [3.63, 3.8) is 0 Å². The molecule has 1 aliphatic rings. The third-order valence-electron chi connectivity index (χ3n) is 2.92. The Morgan fingerprint density at radius 3 is 2.20 bits per heavy atom. The van der Waals surface area contributed by atoms with Crippen LogP contribution in [0.3, 0.4) is 0 Å². The summed E-state index contributed by atoms with van der Waals surface area (Å²) in [7, 11) is 0. The Kier molecular flexibility index (Phi) is 5.70. The van der Waals surface area contributed by atoms with Gasteiger partial charge in [-0.3, -0.25) is 4.79 Å². The van der Waals surface area contributed by atoms with Crippen LogP contribution in [0.1, 0.15) is 25.7 Å². The van der Waals surface area contributed by atoms with Crippen molar-refractivity contribution in [3.05, 3.63) is 12.2 Å². The van der Waals surface area contributed by atoms with Crippen LogP contribution in [0.4, 0.5) is 0 Å². The van der Waals surface area contributed by atoms with Crippen molar-refractivity contribution in [2.45, 2.75) is 25.7 Å². The van der Waals surface area contributed by atoms with Gasteiger partial charge in [0.15, 0.2) is 0 Å². The Morgan fingerprint density at radius 2 is 1.60 bits per heavy atom. The lowest BCUT2D eigenvalue weighted by atomic mass is 9.81. The Bertz CT molecular complexity index is 439. The maximum Gasteiger partial charge on any atom is 0.379 e. The lowest BCUT2D eigenvalue weighted by Crippen LogP contribution is -2.29. The molecule has 2 unspecified atom stereocenters. The Hall–Kier alpha value is -2.38. The molecule has 8 heteroatoms. The molecule has 0 aromatic heterocycles. The van der Waals surface area contributed by atoms with Gasteiger partial charge in [-0.25, -0.2) is 24.2 Å². The maximum atomic E-state index is 11.6. The molecule has 0 amide bonds. The number of rotatable bonds is 4. The summed E-state index contributed by atoms with van der Waals surface area (Å²) in [5, 5.41) is 17.1. The molecular weight excluding hydrogens is 272 g/mol. The predicted octanol–water partition coefficient (Wildman–Crippen LogP) is 0.520. The molecule has 0 saturated heterocycles. The van der Waals surface area contributed by atoms with Crippen LogP contribution in [0.15, 0.2) is 12.2 Å². The highest BCUT2D eigenvalue weighted by Crippen LogP contribution is 2.30. The van der Waals surface area contributed by atoms with Crippen LogP contribution in [-0.2, 0) is 29.0 Å². The molecule has 0 bridgehead atoms. The van der Waals surface area contributed by atoms with Crippen LogP contribution < -0.4 is 0 Å². The summed E-state index contributed by atoms with van der Waals surface area (Å²) in [6, 6.07) is 0. The van der Waals surface area contributed by atoms with Gasteiger partial charge in [0.05, 0.1) is 11.8 Å². The Morgan fingerprint density at radius 1 is 0.950 bits per heavy atom. The average molecular weight is 286 g/mol. The average Bonchev–Trinajstić information content (AvgIpc) is 2.42. The normalized spacial score (nSPS) is 22.2. The van der Waals surface area contributed by atoms with E-state index in [2.05, 4.69) is 9.78 Å². The molecule has 1 fully saturated rings. The van der Waals surface area contributed by atoms with Crippen molar-refractivity contribution in [1.82, 2.24) is 0 Å². The molecule has 2 N–H and O–H groups in total. The molecule has 0 aromatic rings. The minimum absolute atomic E-state index is 0.136. The Balaban J connectivity index is 2.41. The van der Waals surface area contributed by atoms with Gasteiger partial charge in [-0.05, 0) is 19.3 Å². The summed E-state index contributed by atoms with van der Waals surface area (Å²) in [6.07, 6.45) is 2.80. The van der Waals surface area contributed by atoms with Crippen molar-refractivity contribution >= 4 is 23.9 Å². The summed E-state index contributed by atoms with van der Waals surface area (Å²) in [4.78, 5) is 51.9. The van der Waals surface area contributed by atoms with Crippen LogP contribution in [-0.4, -0.2) is 34.1 Å². The zero-order chi connectivity index (χ0) is 15.1. The van der Waals surface area contributed by atoms with Gasteiger partial charge >= 0.3 is 23.9 Å². The number of aliphatic carboxylic acids is 2. The minimum atomic E-state index is -1.34. The standard InChI is InChI=1S/C12H14O8/c13-9(14)4-5-10(15)19-20-12(18)8-3-1-2-7(6-8)11(16)17/h4-5,7-8H,1-3,6H2,(H,13,14)(H,16,17)/b5-4+. The molecule has 1 rings (SSSR count). The molecule has 110 valence electrons. The minimum Gasteiger partial charge on any atom is -0.481 e. The van der Waals surface area contributed by atoms with Gasteiger partial charge in [0, 0.05) is 12.2 Å². The Labute approximate surface area is 113 Å². The van der Waals surface area contributed by atoms with Crippen molar-refractivity contribution in [1.29, 1.82) is 0 Å². The highest BCUT2D eigenvalue weighted by Gasteiger charge is 2.33. The van der Waals surface area contributed by atoms with E-state index in [-0.39, 0.29) is 6.42 Å². The fourth-order valence-corrected chi connectivity index (χ4v) is 1.95. The predicted molar refractivity (Wildman–Crippen MR) is 62.0 cm³/mol. The number of carboxylic acid groups (broad SMARTS) is 2. The molecule has 1 saturated carbocycles. The van der Waals surface area contributed by atoms with Crippen LogP contribution in [0, 0.1) is 11.8 Å². The quantitative estimate of drug-likeness (QED) is 0.435. The van der Waals surface area contributed by atoms with Crippen molar-refractivity contribution in [2.75, 3.05) is 0 Å². The van der Waals surface area contributed by atoms with Crippen molar-refractivity contribution < 1.29 is 39.2 Å². The summed E-state index contributed by atoms with van der Waals surface area (Å²) in [5.41, 5.74) is 0. The van der Waals surface area contributed by atoms with E-state index < -0.39 is 35.7 Å². The number of carbonyl (C=O) groups is 4. The largest absolute Gasteiger partial charge is 0.481 e. The van der Waals surface area contributed by atoms with E-state index in [1.807, 2.05) is 0 Å². The highest BCUT2D eigenvalue weighted by molar-refractivity contribution is 5.90. The first-order valence-corrected chi connectivity index (χ1v) is 5.96. The zero-order valence-electron chi connectivity index (χ0n) is 10.5. The molecule has 0 heterocycles. The highest BCUT2D eigenvalue weighted by atomic mass is 17.2. The van der Waals surface area contributed by atoms with Crippen LogP contribution in [0.25, 0.3) is 0 Å². The van der Waals surface area contributed by atoms with Crippen LogP contribution in [0.2, 0.25) is 0 Å². The van der Waals surface area contributed by atoms with E-state index in [0.717, 1.165) is 0 Å². The monoisotopic (exact) mass is 286 g/mol. The number of carbonyl (C=O) groups excluding carboxylic acids is 2. The number of hydrogen-bond donors (Lipinski definition) is 2. The molecule has 0 aromatic carbocycles. The van der Waals surface area contributed by atoms with Crippen LogP contribution in [0.5, 0.6) is 0 Å². The first kappa shape index (κ1) is 15.7. The lowest BCUT2D eigenvalue weighted by molar-refractivity contribution is -0.259. The smallest absolute Gasteiger partial charge is 0.379 e. The summed E-state index contributed by atoms with van der Waals surface area (Å²) in [6.45, 7) is 0. The van der Waals surface area contributed by atoms with Gasteiger partial charge in [-0.15, -0.1) is 0 Å². The summed E-state index contributed by atoms with van der Waals surface area (Å²) in [5.74, 6) is -5.52. The summed E-state index contributed by atoms with van der Waals surface area (Å²) >= 11 is 0. The van der Waals surface area contributed by atoms with Gasteiger partial charge in [0.25, 0.3) is 0 Å². The van der Waals surface area contributed by atoms with E-state index in [0.29, 0.717) is 31.4 Å². The second kappa shape index (κ2) is 7.27. The lowest BCUT2D eigenvalue weighted by Gasteiger charge is -2.23. The molecule has 0 aliphatic heterocycles. The molecular formula is C12H14O8. The van der Waals surface area contributed by atoms with Gasteiger partial charge in [0.1, 0.15) is 0 Å². The van der Waals surface area contributed by atoms with Gasteiger partial charge < -0.3 is 10.2 Å². The van der Waals surface area contributed by atoms with Gasteiger partial charge in [0.2, 0.25) is 0 Å². The van der Waals surface area contributed by atoms with Crippen molar-refractivity contribution in [3.8, 4) is 0 Å². The van der Waals surface area contributed by atoms with E-state index in [1.54, 1.807) is 0 Å². The van der Waals surface area contributed by atoms with E-state index in [4.69, 9.17) is 10.2 Å². The SMILES string of the molecule is O=C(O)/C=C/C(=O)OOC(=O)C1CCCC(C(=O)O)C1. The third kappa shape index (κ3) is 5.09. The molecule has 0 spiro atoms. The summed E-state index contributed by atoms with van der Waals surface area (Å²) < 4.78 is 0. The first-order valence-electron chi connectivity index (χ1n) is 5.96. The van der Waals surface area contributed by atoms with E-state index >= 15 is 0 Å². The number of hydrogen-bond acceptors (Lipinski definition) is 6. The van der Waals surface area contributed by atoms with Gasteiger partial charge in [-0.1, -0.05) is 6.42 Å². The van der Waals surface area contributed by atoms with E-state index in [1.165, 1.54) is 0 Å². The topological polar surface area (TPSA) is 127 Å². The molecule has 2 atom stereocenters. The first-order chi connectivity index (χ1) is 9.40. The van der Waals surface area contributed by atoms with E-state index in [9.17, 15) is 19.2 Å². The molecule has 20 heavy (non-hydrogen) atoms. The fraction of sp³-hybridized carbons (Fsp3) is 0.500. The second-order valence-corrected chi connectivity index (χ2v) is 4.37. The van der Waals surface area contributed by atoms with Crippen LogP contribution >= 0.6 is 0 Å². The maximum absolute atomic E-state index is 11.6. The van der Waals surface area contributed by atoms with Gasteiger partial charge in [-0.2, -0.15) is 0 Å². The molecule has 0 radical (unpaired) electrons. The second-order valence-electron chi connectivity index (χ2n) is 4.37. The number of carboxylic acids is 2. The van der Waals surface area contributed by atoms with Crippen molar-refractivity contribution in [2.24, 2.45) is 11.8 Å².